The first-order valence-corrected chi connectivity index (χ1v) is 4.28. The Hall–Kier alpha value is -1.43. The molecule has 0 aliphatic rings. The van der Waals surface area contributed by atoms with Crippen molar-refractivity contribution >= 4 is 5.78 Å². The minimum atomic E-state index is -5.12. The molecule has 0 saturated carbocycles. The van der Waals surface area contributed by atoms with Crippen LogP contribution in [0, 0.1) is 12.7 Å². The summed E-state index contributed by atoms with van der Waals surface area (Å²) in [6.07, 6.45) is -5.12. The highest BCUT2D eigenvalue weighted by atomic mass is 19.4. The quantitative estimate of drug-likeness (QED) is 0.632. The zero-order valence-corrected chi connectivity index (χ0v) is 8.23. The highest BCUT2D eigenvalue weighted by molar-refractivity contribution is 6.00. The van der Waals surface area contributed by atoms with Gasteiger partial charge in [0.25, 0.3) is 5.78 Å². The number of aliphatic hydroxyl groups excluding tert-OH is 1. The van der Waals surface area contributed by atoms with Crippen LogP contribution in [0.5, 0.6) is 0 Å². The molecule has 0 aliphatic carbocycles. The Bertz CT molecular complexity index is 424. The van der Waals surface area contributed by atoms with Crippen molar-refractivity contribution in [1.29, 1.82) is 0 Å². The third-order valence-corrected chi connectivity index (χ3v) is 1.96. The number of Topliss-reactive ketones (excluding diaryl/α,β-unsaturated/α-hetero) is 1. The van der Waals surface area contributed by atoms with Crippen molar-refractivity contribution in [3.63, 3.8) is 0 Å². The number of hydrogen-bond acceptors (Lipinski definition) is 2. The molecule has 0 bridgehead atoms. The molecule has 2 nitrogen and oxygen atoms in total. The van der Waals surface area contributed by atoms with E-state index in [0.717, 1.165) is 6.07 Å². The predicted molar refractivity (Wildman–Crippen MR) is 47.4 cm³/mol. The number of benzene rings is 1. The summed E-state index contributed by atoms with van der Waals surface area (Å²) < 4.78 is 49.7. The van der Waals surface area contributed by atoms with E-state index in [4.69, 9.17) is 5.11 Å². The third-order valence-electron chi connectivity index (χ3n) is 1.96. The van der Waals surface area contributed by atoms with Gasteiger partial charge in [-0.25, -0.2) is 4.39 Å². The zero-order chi connectivity index (χ0) is 12.5. The second-order valence-corrected chi connectivity index (χ2v) is 3.27. The average Bonchev–Trinajstić information content (AvgIpc) is 2.18. The van der Waals surface area contributed by atoms with Crippen LogP contribution in [0.15, 0.2) is 12.1 Å². The zero-order valence-electron chi connectivity index (χ0n) is 8.23. The number of alkyl halides is 3. The van der Waals surface area contributed by atoms with Gasteiger partial charge in [-0.1, -0.05) is 6.07 Å². The van der Waals surface area contributed by atoms with Crippen molar-refractivity contribution in [3.05, 3.63) is 34.6 Å². The molecule has 0 spiro atoms. The second kappa shape index (κ2) is 4.21. The van der Waals surface area contributed by atoms with E-state index in [2.05, 4.69) is 0 Å². The van der Waals surface area contributed by atoms with Crippen LogP contribution in [-0.2, 0) is 6.61 Å². The lowest BCUT2D eigenvalue weighted by Gasteiger charge is -2.09. The minimum absolute atomic E-state index is 0.276. The van der Waals surface area contributed by atoms with E-state index in [1.165, 1.54) is 13.0 Å². The molecule has 88 valence electrons. The summed E-state index contributed by atoms with van der Waals surface area (Å²) in [5.74, 6) is -3.57. The highest BCUT2D eigenvalue weighted by Gasteiger charge is 2.41. The number of carbonyl (C=O) groups excluding carboxylic acids is 1. The van der Waals surface area contributed by atoms with Gasteiger partial charge in [0.1, 0.15) is 5.82 Å². The number of rotatable bonds is 2. The monoisotopic (exact) mass is 236 g/mol. The van der Waals surface area contributed by atoms with E-state index in [0.29, 0.717) is 0 Å². The molecule has 0 unspecified atom stereocenters. The molecular formula is C10H8F4O2. The van der Waals surface area contributed by atoms with Gasteiger partial charge in [-0.05, 0) is 18.6 Å². The van der Waals surface area contributed by atoms with E-state index in [1.54, 1.807) is 0 Å². The largest absolute Gasteiger partial charge is 0.454 e. The number of ketones is 1. The standard InChI is InChI=1S/C10H8F4O2/c1-5-2-6(4-15)8(11)7(3-5)9(16)10(12,13)14/h2-3,15H,4H2,1H3. The number of aryl methyl sites for hydroxylation is 1. The Morgan fingerprint density at radius 3 is 2.38 bits per heavy atom. The first-order valence-electron chi connectivity index (χ1n) is 4.28. The van der Waals surface area contributed by atoms with Crippen molar-refractivity contribution in [2.24, 2.45) is 0 Å². The van der Waals surface area contributed by atoms with E-state index >= 15 is 0 Å². The number of hydrogen-bond donors (Lipinski definition) is 1. The van der Waals surface area contributed by atoms with Crippen molar-refractivity contribution < 1.29 is 27.5 Å². The SMILES string of the molecule is Cc1cc(CO)c(F)c(C(=O)C(F)(F)F)c1. The summed E-state index contributed by atoms with van der Waals surface area (Å²) in [6, 6.07) is 1.99. The van der Waals surface area contributed by atoms with Gasteiger partial charge < -0.3 is 5.11 Å². The molecular weight excluding hydrogens is 228 g/mol. The average molecular weight is 236 g/mol. The summed E-state index contributed by atoms with van der Waals surface area (Å²) in [7, 11) is 0. The molecule has 0 aliphatic heterocycles. The maximum atomic E-state index is 13.4. The molecule has 6 heteroatoms. The Kier molecular flexibility index (Phi) is 3.32. The molecule has 1 rings (SSSR count). The van der Waals surface area contributed by atoms with Gasteiger partial charge in [-0.3, -0.25) is 4.79 Å². The first kappa shape index (κ1) is 12.6. The van der Waals surface area contributed by atoms with Gasteiger partial charge >= 0.3 is 6.18 Å². The molecule has 0 atom stereocenters. The van der Waals surface area contributed by atoms with Crippen molar-refractivity contribution in [2.45, 2.75) is 19.7 Å². The lowest BCUT2D eigenvalue weighted by molar-refractivity contribution is -0.0887. The summed E-state index contributed by atoms with van der Waals surface area (Å²) in [5, 5.41) is 8.72. The smallest absolute Gasteiger partial charge is 0.392 e. The molecule has 1 N–H and O–H groups in total. The van der Waals surface area contributed by atoms with Crippen LogP contribution in [0.25, 0.3) is 0 Å². The van der Waals surface area contributed by atoms with E-state index in [1.807, 2.05) is 0 Å². The van der Waals surface area contributed by atoms with Gasteiger partial charge in [0.15, 0.2) is 0 Å². The van der Waals surface area contributed by atoms with Crippen molar-refractivity contribution in [2.75, 3.05) is 0 Å². The fourth-order valence-electron chi connectivity index (χ4n) is 1.28. The molecule has 0 saturated heterocycles. The van der Waals surface area contributed by atoms with Gasteiger partial charge in [0.2, 0.25) is 0 Å². The number of carbonyl (C=O) groups is 1. The van der Waals surface area contributed by atoms with E-state index in [-0.39, 0.29) is 11.1 Å². The fourth-order valence-corrected chi connectivity index (χ4v) is 1.28. The third kappa shape index (κ3) is 2.38. The summed E-state index contributed by atoms with van der Waals surface area (Å²) in [5.41, 5.74) is -1.11. The lowest BCUT2D eigenvalue weighted by atomic mass is 10.0. The summed E-state index contributed by atoms with van der Waals surface area (Å²) in [6.45, 7) is 0.650. The second-order valence-electron chi connectivity index (χ2n) is 3.27. The van der Waals surface area contributed by atoms with Crippen LogP contribution in [0.4, 0.5) is 17.6 Å². The Balaban J connectivity index is 3.34. The molecule has 0 heterocycles. The van der Waals surface area contributed by atoms with Crippen molar-refractivity contribution in [3.8, 4) is 0 Å². The Labute approximate surface area is 88.5 Å². The molecule has 0 amide bonds. The van der Waals surface area contributed by atoms with Crippen molar-refractivity contribution in [1.82, 2.24) is 0 Å². The van der Waals surface area contributed by atoms with Crippen LogP contribution >= 0.6 is 0 Å². The van der Waals surface area contributed by atoms with Crippen LogP contribution in [0.2, 0.25) is 0 Å². The molecule has 0 aromatic heterocycles. The maximum absolute atomic E-state index is 13.4. The molecule has 0 radical (unpaired) electrons. The van der Waals surface area contributed by atoms with Crippen LogP contribution in [-0.4, -0.2) is 17.1 Å². The van der Waals surface area contributed by atoms with Gasteiger partial charge in [-0.15, -0.1) is 0 Å². The normalized spacial score (nSPS) is 11.6. The van der Waals surface area contributed by atoms with E-state index in [9.17, 15) is 22.4 Å². The Morgan fingerprint density at radius 1 is 1.38 bits per heavy atom. The van der Waals surface area contributed by atoms with Gasteiger partial charge in [0, 0.05) is 5.56 Å². The molecule has 0 fully saturated rings. The minimum Gasteiger partial charge on any atom is -0.392 e. The first-order chi connectivity index (χ1) is 7.27. The highest BCUT2D eigenvalue weighted by Crippen LogP contribution is 2.25. The molecule has 1 aromatic carbocycles. The Morgan fingerprint density at radius 2 is 1.94 bits per heavy atom. The summed E-state index contributed by atoms with van der Waals surface area (Å²) >= 11 is 0. The van der Waals surface area contributed by atoms with Gasteiger partial charge in [0.05, 0.1) is 12.2 Å². The van der Waals surface area contributed by atoms with Crippen LogP contribution in [0.3, 0.4) is 0 Å². The number of aliphatic hydroxyl groups is 1. The lowest BCUT2D eigenvalue weighted by Crippen LogP contribution is -2.24. The molecule has 16 heavy (non-hydrogen) atoms. The predicted octanol–water partition coefficient (Wildman–Crippen LogP) is 2.37. The summed E-state index contributed by atoms with van der Waals surface area (Å²) in [4.78, 5) is 10.9. The van der Waals surface area contributed by atoms with Crippen LogP contribution in [0.1, 0.15) is 21.5 Å². The topological polar surface area (TPSA) is 37.3 Å². The fraction of sp³-hybridized carbons (Fsp3) is 0.300. The van der Waals surface area contributed by atoms with E-state index < -0.39 is 29.9 Å². The maximum Gasteiger partial charge on any atom is 0.454 e. The van der Waals surface area contributed by atoms with Crippen LogP contribution < -0.4 is 0 Å². The molecule has 1 aromatic rings. The number of halogens is 4. The van der Waals surface area contributed by atoms with Gasteiger partial charge in [-0.2, -0.15) is 13.2 Å².